The van der Waals surface area contributed by atoms with Crippen LogP contribution in [0, 0.1) is 5.41 Å². The predicted octanol–water partition coefficient (Wildman–Crippen LogP) is 1.01. The Balaban J connectivity index is 1.23. The minimum atomic E-state index is -0.802. The van der Waals surface area contributed by atoms with Crippen molar-refractivity contribution in [1.29, 1.82) is 0 Å². The molecule has 3 saturated heterocycles. The van der Waals surface area contributed by atoms with Gasteiger partial charge in [-0.15, -0.1) is 0 Å². The summed E-state index contributed by atoms with van der Waals surface area (Å²) in [5.74, 6) is -0.735. The molecule has 196 valence electrons. The summed E-state index contributed by atoms with van der Waals surface area (Å²) >= 11 is 0. The molecule has 5 rings (SSSR count). The highest BCUT2D eigenvalue weighted by atomic mass is 16.5. The van der Waals surface area contributed by atoms with Crippen LogP contribution in [0.2, 0.25) is 0 Å². The van der Waals surface area contributed by atoms with Crippen molar-refractivity contribution < 1.29 is 19.1 Å². The summed E-state index contributed by atoms with van der Waals surface area (Å²) in [6, 6.07) is 6.51. The molecule has 4 atom stereocenters. The van der Waals surface area contributed by atoms with Crippen molar-refractivity contribution in [3.05, 3.63) is 29.8 Å². The maximum Gasteiger partial charge on any atom is 0.251 e. The van der Waals surface area contributed by atoms with E-state index in [-0.39, 0.29) is 30.7 Å². The molecule has 9 heteroatoms. The van der Waals surface area contributed by atoms with Crippen LogP contribution in [0.1, 0.15) is 50.4 Å². The number of nitrogens with two attached hydrogens (primary N) is 1. The molecular formula is C27H39N5O4. The molecule has 4 aliphatic rings. The number of likely N-dealkylation sites (tertiary alicyclic amines) is 1. The first-order valence-corrected chi connectivity index (χ1v) is 13.2. The van der Waals surface area contributed by atoms with Gasteiger partial charge in [0.05, 0.1) is 6.04 Å². The summed E-state index contributed by atoms with van der Waals surface area (Å²) in [7, 11) is 0. The number of piperazine rings is 1. The quantitative estimate of drug-likeness (QED) is 0.625. The zero-order valence-corrected chi connectivity index (χ0v) is 21.6. The fraction of sp³-hybridized carbons (Fsp3) is 0.667. The highest BCUT2D eigenvalue weighted by molar-refractivity contribution is 5.99. The number of anilines is 1. The zero-order chi connectivity index (χ0) is 25.6. The third-order valence-electron chi connectivity index (χ3n) is 8.30. The number of carbonyl (C=O) groups is 3. The number of carbonyl (C=O) groups excluding carboxylic acids is 3. The highest BCUT2D eigenvalue weighted by Gasteiger charge is 2.53. The number of benzene rings is 1. The molecule has 4 fully saturated rings. The molecule has 3 N–H and O–H groups in total. The van der Waals surface area contributed by atoms with Gasteiger partial charge in [-0.25, -0.2) is 0 Å². The fourth-order valence-corrected chi connectivity index (χ4v) is 5.87. The average molecular weight is 498 g/mol. The first-order valence-electron chi connectivity index (χ1n) is 13.2. The maximum absolute atomic E-state index is 13.6. The van der Waals surface area contributed by atoms with Gasteiger partial charge in [0.2, 0.25) is 5.91 Å². The van der Waals surface area contributed by atoms with Crippen LogP contribution in [0.25, 0.3) is 0 Å². The number of Topliss-reactive ketones (excluding diaryl/α,β-unsaturated/α-hetero) is 1. The Morgan fingerprint density at radius 1 is 1.08 bits per heavy atom. The molecule has 3 heterocycles. The van der Waals surface area contributed by atoms with Crippen LogP contribution in [0.4, 0.5) is 5.69 Å². The standard InChI is InChI=1S/C27H39N5O4/c1-27(2,3)24(26(35)32-15-20(28)23-22(32)21(33)16-36-23)29-25(34)17-7-9-19(10-8-17)31-13-11-30(12-14-31)18-5-4-6-18/h7-10,18,20,22-24H,4-6,11-16,28H2,1-3H3,(H,29,34)/t20-,22+,23+,24+/m0/s1. The van der Waals surface area contributed by atoms with Crippen LogP contribution >= 0.6 is 0 Å². The number of hydrogen-bond acceptors (Lipinski definition) is 7. The van der Waals surface area contributed by atoms with Gasteiger partial charge < -0.3 is 25.6 Å². The lowest BCUT2D eigenvalue weighted by Crippen LogP contribution is -2.57. The Hall–Kier alpha value is -2.49. The Morgan fingerprint density at radius 2 is 1.75 bits per heavy atom. The number of nitrogens with one attached hydrogen (secondary N) is 1. The van der Waals surface area contributed by atoms with Gasteiger partial charge in [0.15, 0.2) is 5.78 Å². The molecule has 1 saturated carbocycles. The lowest BCUT2D eigenvalue weighted by atomic mass is 9.85. The van der Waals surface area contributed by atoms with Crippen molar-refractivity contribution >= 4 is 23.3 Å². The van der Waals surface area contributed by atoms with Crippen molar-refractivity contribution in [3.8, 4) is 0 Å². The second kappa shape index (κ2) is 9.76. The normalized spacial score (nSPS) is 28.1. The maximum atomic E-state index is 13.6. The van der Waals surface area contributed by atoms with E-state index in [1.165, 1.54) is 24.2 Å². The Bertz CT molecular complexity index is 994. The summed E-state index contributed by atoms with van der Waals surface area (Å²) in [4.78, 5) is 45.7. The average Bonchev–Trinajstić information content (AvgIpc) is 3.36. The van der Waals surface area contributed by atoms with Gasteiger partial charge >= 0.3 is 0 Å². The van der Waals surface area contributed by atoms with E-state index in [0.717, 1.165) is 37.9 Å². The van der Waals surface area contributed by atoms with Gasteiger partial charge in [0, 0.05) is 50.0 Å². The summed E-state index contributed by atoms with van der Waals surface area (Å²) in [5.41, 5.74) is 7.21. The lowest BCUT2D eigenvalue weighted by Gasteiger charge is -2.43. The first kappa shape index (κ1) is 25.2. The second-order valence-electron chi connectivity index (χ2n) is 11.8. The minimum Gasteiger partial charge on any atom is -0.369 e. The van der Waals surface area contributed by atoms with E-state index in [4.69, 9.17) is 10.5 Å². The third-order valence-corrected chi connectivity index (χ3v) is 8.30. The largest absolute Gasteiger partial charge is 0.369 e. The van der Waals surface area contributed by atoms with E-state index in [9.17, 15) is 14.4 Å². The summed E-state index contributed by atoms with van der Waals surface area (Å²) in [5, 5.41) is 2.95. The number of ketones is 1. The number of hydrogen-bond donors (Lipinski definition) is 2. The van der Waals surface area contributed by atoms with Crippen LogP contribution in [-0.4, -0.2) is 97.0 Å². The molecule has 36 heavy (non-hydrogen) atoms. The molecule has 1 aromatic carbocycles. The molecule has 9 nitrogen and oxygen atoms in total. The highest BCUT2D eigenvalue weighted by Crippen LogP contribution is 2.31. The van der Waals surface area contributed by atoms with Gasteiger partial charge in [-0.05, 0) is 42.5 Å². The van der Waals surface area contributed by atoms with E-state index >= 15 is 0 Å². The molecule has 1 aliphatic carbocycles. The van der Waals surface area contributed by atoms with Gasteiger partial charge in [-0.1, -0.05) is 27.2 Å². The van der Waals surface area contributed by atoms with Gasteiger partial charge in [0.25, 0.3) is 5.91 Å². The van der Waals surface area contributed by atoms with E-state index in [2.05, 4.69) is 15.1 Å². The predicted molar refractivity (Wildman–Crippen MR) is 137 cm³/mol. The van der Waals surface area contributed by atoms with Crippen molar-refractivity contribution in [2.45, 2.75) is 70.3 Å². The summed E-state index contributed by atoms with van der Waals surface area (Å²) in [6.07, 6.45) is 3.55. The van der Waals surface area contributed by atoms with Crippen molar-refractivity contribution in [1.82, 2.24) is 15.1 Å². The second-order valence-corrected chi connectivity index (χ2v) is 11.8. The van der Waals surface area contributed by atoms with Crippen LogP contribution in [0.15, 0.2) is 24.3 Å². The van der Waals surface area contributed by atoms with E-state index in [1.807, 2.05) is 45.0 Å². The Kier molecular flexibility index (Phi) is 6.82. The van der Waals surface area contributed by atoms with Crippen LogP contribution in [0.5, 0.6) is 0 Å². The third kappa shape index (κ3) is 4.76. The van der Waals surface area contributed by atoms with Crippen LogP contribution in [0.3, 0.4) is 0 Å². The van der Waals surface area contributed by atoms with Crippen molar-refractivity contribution in [2.24, 2.45) is 11.1 Å². The molecular weight excluding hydrogens is 458 g/mol. The summed E-state index contributed by atoms with van der Waals surface area (Å²) in [6.45, 7) is 10.1. The van der Waals surface area contributed by atoms with Crippen molar-refractivity contribution in [2.75, 3.05) is 44.2 Å². The number of fused-ring (bicyclic) bond motifs is 1. The van der Waals surface area contributed by atoms with Gasteiger partial charge in [0.1, 0.15) is 24.8 Å². The number of rotatable bonds is 5. The van der Waals surface area contributed by atoms with E-state index < -0.39 is 29.6 Å². The Morgan fingerprint density at radius 3 is 2.33 bits per heavy atom. The molecule has 0 unspecified atom stereocenters. The molecule has 2 amide bonds. The molecule has 0 spiro atoms. The molecule has 0 aromatic heterocycles. The molecule has 1 aromatic rings. The Labute approximate surface area is 213 Å². The van der Waals surface area contributed by atoms with E-state index in [1.54, 1.807) is 0 Å². The summed E-state index contributed by atoms with van der Waals surface area (Å²) < 4.78 is 5.52. The molecule has 0 bridgehead atoms. The lowest BCUT2D eigenvalue weighted by molar-refractivity contribution is -0.140. The number of amides is 2. The zero-order valence-electron chi connectivity index (χ0n) is 21.6. The van der Waals surface area contributed by atoms with Gasteiger partial charge in [-0.2, -0.15) is 0 Å². The molecule has 3 aliphatic heterocycles. The fourth-order valence-electron chi connectivity index (χ4n) is 5.87. The smallest absolute Gasteiger partial charge is 0.251 e. The number of nitrogens with zero attached hydrogens (tertiary/aromatic N) is 3. The monoisotopic (exact) mass is 497 g/mol. The van der Waals surface area contributed by atoms with Gasteiger partial charge in [-0.3, -0.25) is 19.3 Å². The molecule has 0 radical (unpaired) electrons. The van der Waals surface area contributed by atoms with Crippen molar-refractivity contribution in [3.63, 3.8) is 0 Å². The topological polar surface area (TPSA) is 108 Å². The first-order chi connectivity index (χ1) is 17.1. The minimum absolute atomic E-state index is 0.0265. The number of ether oxygens (including phenoxy) is 1. The van der Waals surface area contributed by atoms with Crippen LogP contribution < -0.4 is 16.0 Å². The van der Waals surface area contributed by atoms with E-state index in [0.29, 0.717) is 5.56 Å². The van der Waals surface area contributed by atoms with Crippen LogP contribution in [-0.2, 0) is 14.3 Å². The SMILES string of the molecule is CC(C)(C)[C@H](NC(=O)c1ccc(N2CCN(C3CCC3)CC2)cc1)C(=O)N1C[C@H](N)[C@H]2OCC(=O)[C@H]21.